The molecule has 3 heterocycles. The van der Waals surface area contributed by atoms with Crippen LogP contribution in [0.2, 0.25) is 25.7 Å². The van der Waals surface area contributed by atoms with Gasteiger partial charge >= 0.3 is 0 Å². The molecule has 0 spiro atoms. The third kappa shape index (κ3) is 4.35. The number of anilines is 1. The van der Waals surface area contributed by atoms with Gasteiger partial charge in [0, 0.05) is 33.3 Å². The number of imidazole rings is 2. The predicted molar refractivity (Wildman–Crippen MR) is 118 cm³/mol. The Hall–Kier alpha value is -3.11. The van der Waals surface area contributed by atoms with E-state index in [1.54, 1.807) is 16.9 Å². The second kappa shape index (κ2) is 8.20. The van der Waals surface area contributed by atoms with E-state index < -0.39 is 19.7 Å². The predicted octanol–water partition coefficient (Wildman–Crippen LogP) is 4.43. The molecule has 0 aliphatic carbocycles. The van der Waals surface area contributed by atoms with Crippen molar-refractivity contribution in [2.45, 2.75) is 32.4 Å². The average molecular weight is 443 g/mol. The minimum absolute atomic E-state index is 0.122. The summed E-state index contributed by atoms with van der Waals surface area (Å²) in [6.45, 7) is 7.97. The third-order valence-electron chi connectivity index (χ3n) is 4.95. The zero-order valence-corrected chi connectivity index (χ0v) is 18.6. The number of nitrogens with two attached hydrogens (primary N) is 1. The molecule has 0 amide bonds. The van der Waals surface area contributed by atoms with E-state index in [2.05, 4.69) is 34.6 Å². The molecule has 3 aromatic heterocycles. The monoisotopic (exact) mass is 442 g/mol. The van der Waals surface area contributed by atoms with Gasteiger partial charge in [0.25, 0.3) is 0 Å². The molecule has 4 aromatic rings. The van der Waals surface area contributed by atoms with E-state index >= 15 is 0 Å². The lowest BCUT2D eigenvalue weighted by molar-refractivity contribution is 0.0882. The summed E-state index contributed by atoms with van der Waals surface area (Å²) in [6, 6.07) is 3.39. The molecule has 0 unspecified atom stereocenters. The lowest BCUT2D eigenvalue weighted by Crippen LogP contribution is -2.22. The van der Waals surface area contributed by atoms with Gasteiger partial charge in [-0.05, 0) is 18.2 Å². The number of fused-ring (bicyclic) bond motifs is 1. The summed E-state index contributed by atoms with van der Waals surface area (Å²) in [5.74, 6) is -0.936. The summed E-state index contributed by atoms with van der Waals surface area (Å²) < 4.78 is 38.0. The summed E-state index contributed by atoms with van der Waals surface area (Å²) in [5, 5.41) is 0. The van der Waals surface area contributed by atoms with Crippen molar-refractivity contribution >= 4 is 19.3 Å². The van der Waals surface area contributed by atoms with Gasteiger partial charge in [-0.2, -0.15) is 0 Å². The first kappa shape index (κ1) is 21.1. The van der Waals surface area contributed by atoms with Crippen LogP contribution < -0.4 is 5.73 Å². The molecule has 0 saturated heterocycles. The molecule has 162 valence electrons. The van der Waals surface area contributed by atoms with E-state index in [4.69, 9.17) is 10.5 Å². The minimum atomic E-state index is -1.16. The number of aromatic nitrogens is 5. The lowest BCUT2D eigenvalue weighted by Gasteiger charge is -2.15. The summed E-state index contributed by atoms with van der Waals surface area (Å²) >= 11 is 0. The van der Waals surface area contributed by atoms with Crippen LogP contribution in [0.1, 0.15) is 0 Å². The zero-order valence-electron chi connectivity index (χ0n) is 17.6. The van der Waals surface area contributed by atoms with Gasteiger partial charge in [0.1, 0.15) is 24.6 Å². The fourth-order valence-electron chi connectivity index (χ4n) is 3.17. The molecule has 4 rings (SSSR count). The third-order valence-corrected chi connectivity index (χ3v) is 6.65. The van der Waals surface area contributed by atoms with Crippen LogP contribution in [-0.2, 0) is 11.5 Å². The van der Waals surface area contributed by atoms with Crippen molar-refractivity contribution in [1.29, 1.82) is 0 Å². The summed E-state index contributed by atoms with van der Waals surface area (Å²) in [4.78, 5) is 13.1. The van der Waals surface area contributed by atoms with Crippen molar-refractivity contribution < 1.29 is 13.5 Å². The Balaban J connectivity index is 1.62. The quantitative estimate of drug-likeness (QED) is 0.260. The number of nitrogen functional groups attached to an aromatic ring is 1. The van der Waals surface area contributed by atoms with Gasteiger partial charge in [-0.25, -0.2) is 18.7 Å². The van der Waals surface area contributed by atoms with Gasteiger partial charge in [-0.15, -0.1) is 0 Å². The maximum atomic E-state index is 14.4. The van der Waals surface area contributed by atoms with Crippen molar-refractivity contribution in [2.75, 3.05) is 12.3 Å². The average Bonchev–Trinajstić information content (AvgIpc) is 3.34. The molecule has 0 fully saturated rings. The second-order valence-corrected chi connectivity index (χ2v) is 14.2. The van der Waals surface area contributed by atoms with Gasteiger partial charge < -0.3 is 19.4 Å². The van der Waals surface area contributed by atoms with E-state index in [0.29, 0.717) is 30.4 Å². The van der Waals surface area contributed by atoms with E-state index in [1.165, 1.54) is 18.5 Å². The Kier molecular flexibility index (Phi) is 5.59. The van der Waals surface area contributed by atoms with Gasteiger partial charge in [-0.3, -0.25) is 4.98 Å². The van der Waals surface area contributed by atoms with Crippen LogP contribution in [0.25, 0.3) is 28.3 Å². The van der Waals surface area contributed by atoms with Crippen LogP contribution in [0.4, 0.5) is 14.5 Å². The first-order valence-corrected chi connectivity index (χ1v) is 13.6. The number of rotatable bonds is 7. The van der Waals surface area contributed by atoms with Crippen LogP contribution >= 0.6 is 0 Å². The van der Waals surface area contributed by atoms with Gasteiger partial charge in [0.2, 0.25) is 0 Å². The highest BCUT2D eigenvalue weighted by molar-refractivity contribution is 6.76. The smallest absolute Gasteiger partial charge is 0.162 e. The maximum Gasteiger partial charge on any atom is 0.162 e. The minimum Gasteiger partial charge on any atom is -0.396 e. The first-order chi connectivity index (χ1) is 14.7. The molecule has 7 nitrogen and oxygen atoms in total. The fraction of sp³-hybridized carbons (Fsp3) is 0.286. The van der Waals surface area contributed by atoms with Crippen molar-refractivity contribution in [2.24, 2.45) is 0 Å². The highest BCUT2D eigenvalue weighted by Gasteiger charge is 2.19. The number of ether oxygens (including phenoxy) is 1. The molecule has 2 N–H and O–H groups in total. The molecular weight excluding hydrogens is 418 g/mol. The Morgan fingerprint density at radius 1 is 1.13 bits per heavy atom. The standard InChI is InChI=1S/C21H24F2N6OSi/c1-31(2,3)9-8-30-13-28-7-6-25-21(28)20-17-10-26-16(11-29(17)12-27-20)18-14(22)4-5-15(24)19(18)23/h4-7,10-12H,8-9,13,24H2,1-3H3. The fourth-order valence-corrected chi connectivity index (χ4v) is 3.93. The molecule has 0 radical (unpaired) electrons. The van der Waals surface area contributed by atoms with Crippen molar-refractivity contribution in [3.8, 4) is 22.8 Å². The normalized spacial score (nSPS) is 12.0. The molecule has 1 aromatic carbocycles. The Morgan fingerprint density at radius 3 is 2.71 bits per heavy atom. The largest absolute Gasteiger partial charge is 0.396 e. The molecule has 10 heteroatoms. The van der Waals surface area contributed by atoms with Crippen molar-refractivity contribution in [3.05, 3.63) is 54.9 Å². The second-order valence-electron chi connectivity index (χ2n) is 8.55. The topological polar surface area (TPSA) is 83.3 Å². The Bertz CT molecular complexity index is 1230. The summed E-state index contributed by atoms with van der Waals surface area (Å²) in [5.41, 5.74) is 6.56. The molecule has 31 heavy (non-hydrogen) atoms. The van der Waals surface area contributed by atoms with E-state index in [1.807, 2.05) is 10.8 Å². The number of hydrogen-bond acceptors (Lipinski definition) is 5. The molecule has 0 saturated carbocycles. The number of hydrogen-bond donors (Lipinski definition) is 1. The van der Waals surface area contributed by atoms with Crippen LogP contribution in [0.15, 0.2) is 43.2 Å². The molecule has 0 aliphatic rings. The van der Waals surface area contributed by atoms with Crippen LogP contribution in [0, 0.1) is 11.6 Å². The van der Waals surface area contributed by atoms with Crippen molar-refractivity contribution in [1.82, 2.24) is 23.9 Å². The molecule has 0 aliphatic heterocycles. The molecule has 0 bridgehead atoms. The lowest BCUT2D eigenvalue weighted by atomic mass is 10.1. The maximum absolute atomic E-state index is 14.4. The van der Waals surface area contributed by atoms with Gasteiger partial charge in [0.15, 0.2) is 11.6 Å². The van der Waals surface area contributed by atoms with E-state index in [0.717, 1.165) is 12.1 Å². The Labute approximate surface area is 179 Å². The van der Waals surface area contributed by atoms with Crippen LogP contribution in [-0.4, -0.2) is 38.6 Å². The number of nitrogens with zero attached hydrogens (tertiary/aromatic N) is 5. The number of halogens is 2. The number of benzene rings is 1. The van der Waals surface area contributed by atoms with Crippen molar-refractivity contribution in [3.63, 3.8) is 0 Å². The van der Waals surface area contributed by atoms with Gasteiger partial charge in [0.05, 0.1) is 28.7 Å². The molecular formula is C21H24F2N6OSi. The highest BCUT2D eigenvalue weighted by Crippen LogP contribution is 2.29. The Morgan fingerprint density at radius 2 is 1.94 bits per heavy atom. The van der Waals surface area contributed by atoms with Gasteiger partial charge in [-0.1, -0.05) is 19.6 Å². The van der Waals surface area contributed by atoms with E-state index in [9.17, 15) is 8.78 Å². The first-order valence-electron chi connectivity index (χ1n) is 9.90. The summed E-state index contributed by atoms with van der Waals surface area (Å²) in [7, 11) is -1.16. The van der Waals surface area contributed by atoms with Crippen LogP contribution in [0.5, 0.6) is 0 Å². The SMILES string of the molecule is C[Si](C)(C)CCOCn1ccnc1-c1ncn2cc(-c3c(F)ccc(N)c3F)ncc12. The van der Waals surface area contributed by atoms with Crippen LogP contribution in [0.3, 0.4) is 0 Å². The summed E-state index contributed by atoms with van der Waals surface area (Å²) in [6.07, 6.45) is 8.11. The molecule has 0 atom stereocenters. The highest BCUT2D eigenvalue weighted by atomic mass is 28.3. The van der Waals surface area contributed by atoms with E-state index in [-0.39, 0.29) is 16.9 Å². The zero-order chi connectivity index (χ0) is 22.2.